The lowest BCUT2D eigenvalue weighted by Gasteiger charge is -2.12. The van der Waals surface area contributed by atoms with Crippen molar-refractivity contribution in [3.8, 4) is 28.7 Å². The molecule has 0 fully saturated rings. The van der Waals surface area contributed by atoms with E-state index in [0.717, 1.165) is 5.56 Å². The number of carbonyl (C=O) groups excluding carboxylic acids is 1. The van der Waals surface area contributed by atoms with Crippen LogP contribution in [0.5, 0.6) is 28.7 Å². The van der Waals surface area contributed by atoms with E-state index in [1.54, 1.807) is 59.8 Å². The molecule has 2 aromatic rings. The first-order chi connectivity index (χ1) is 13.6. The molecule has 0 heterocycles. The van der Waals surface area contributed by atoms with Gasteiger partial charge >= 0.3 is 0 Å². The number of benzene rings is 2. The van der Waals surface area contributed by atoms with Crippen LogP contribution in [-0.4, -0.2) is 41.5 Å². The fourth-order valence-corrected chi connectivity index (χ4v) is 2.59. The fraction of sp³-hybridized carbons (Fsp3) is 0.286. The maximum atomic E-state index is 12.2. The van der Waals surface area contributed by atoms with Crippen molar-refractivity contribution in [2.45, 2.75) is 6.54 Å². The predicted molar refractivity (Wildman–Crippen MR) is 107 cm³/mol. The molecule has 0 aliphatic carbocycles. The summed E-state index contributed by atoms with van der Waals surface area (Å²) in [7, 11) is 7.80. The lowest BCUT2D eigenvalue weighted by atomic mass is 10.1. The number of ether oxygens (including phenoxy) is 5. The van der Waals surface area contributed by atoms with Gasteiger partial charge in [-0.15, -0.1) is 0 Å². The predicted octanol–water partition coefficient (Wildman–Crippen LogP) is 3.06. The molecule has 0 bridgehead atoms. The van der Waals surface area contributed by atoms with Crippen molar-refractivity contribution >= 4 is 12.0 Å². The van der Waals surface area contributed by atoms with Crippen LogP contribution in [0.2, 0.25) is 0 Å². The number of rotatable bonds is 9. The summed E-state index contributed by atoms with van der Waals surface area (Å²) < 4.78 is 26.4. The highest BCUT2D eigenvalue weighted by molar-refractivity contribution is 5.92. The number of nitrogens with one attached hydrogen (secondary N) is 1. The number of hydrogen-bond donors (Lipinski definition) is 1. The van der Waals surface area contributed by atoms with Crippen LogP contribution in [0.4, 0.5) is 0 Å². The first-order valence-corrected chi connectivity index (χ1v) is 8.53. The summed E-state index contributed by atoms with van der Waals surface area (Å²) in [4.78, 5) is 12.2. The summed E-state index contributed by atoms with van der Waals surface area (Å²) >= 11 is 0. The zero-order valence-corrected chi connectivity index (χ0v) is 16.7. The van der Waals surface area contributed by atoms with Gasteiger partial charge in [-0.1, -0.05) is 6.07 Å². The molecule has 0 aromatic heterocycles. The van der Waals surface area contributed by atoms with E-state index >= 15 is 0 Å². The van der Waals surface area contributed by atoms with Crippen molar-refractivity contribution in [2.24, 2.45) is 0 Å². The lowest BCUT2D eigenvalue weighted by molar-refractivity contribution is -0.116. The van der Waals surface area contributed by atoms with Crippen molar-refractivity contribution in [1.29, 1.82) is 0 Å². The summed E-state index contributed by atoms with van der Waals surface area (Å²) in [5.41, 5.74) is 1.59. The fourth-order valence-electron chi connectivity index (χ4n) is 2.59. The Kier molecular flexibility index (Phi) is 7.56. The number of methoxy groups -OCH3 is 5. The summed E-state index contributed by atoms with van der Waals surface area (Å²) in [5, 5.41) is 2.83. The van der Waals surface area contributed by atoms with Crippen LogP contribution in [0.25, 0.3) is 6.08 Å². The van der Waals surface area contributed by atoms with Crippen LogP contribution in [0.3, 0.4) is 0 Å². The molecular weight excluding hydrogens is 362 g/mol. The quantitative estimate of drug-likeness (QED) is 0.667. The highest BCUT2D eigenvalue weighted by atomic mass is 16.5. The third kappa shape index (κ3) is 5.09. The summed E-state index contributed by atoms with van der Waals surface area (Å²) in [6.07, 6.45) is 3.09. The van der Waals surface area contributed by atoms with Gasteiger partial charge in [-0.2, -0.15) is 0 Å². The van der Waals surface area contributed by atoms with Crippen LogP contribution in [0.1, 0.15) is 11.1 Å². The second-order valence-electron chi connectivity index (χ2n) is 5.69. The normalized spacial score (nSPS) is 10.5. The molecule has 0 spiro atoms. The van der Waals surface area contributed by atoms with Gasteiger partial charge in [0, 0.05) is 24.3 Å². The van der Waals surface area contributed by atoms with Crippen molar-refractivity contribution in [2.75, 3.05) is 35.5 Å². The molecule has 2 rings (SSSR count). The van der Waals surface area contributed by atoms with E-state index in [1.165, 1.54) is 6.08 Å². The van der Waals surface area contributed by atoms with Gasteiger partial charge in [-0.25, -0.2) is 0 Å². The first-order valence-electron chi connectivity index (χ1n) is 8.53. The minimum atomic E-state index is -0.244. The number of amides is 1. The summed E-state index contributed by atoms with van der Waals surface area (Å²) in [6, 6.07) is 8.93. The number of hydrogen-bond acceptors (Lipinski definition) is 6. The standard InChI is InChI=1S/C21H25NO6/c1-24-16-8-6-14(10-18(16)26-3)13-22-21(23)9-7-15-11-19(27-4)20(28-5)12-17(15)25-2/h6-12H,13H2,1-5H3,(H,22,23)/b9-7+. The molecule has 1 amide bonds. The van der Waals surface area contributed by atoms with Crippen LogP contribution < -0.4 is 29.0 Å². The molecule has 7 heteroatoms. The van der Waals surface area contributed by atoms with Gasteiger partial charge in [0.05, 0.1) is 35.5 Å². The molecule has 7 nitrogen and oxygen atoms in total. The zero-order valence-electron chi connectivity index (χ0n) is 16.7. The Morgan fingerprint density at radius 3 is 1.96 bits per heavy atom. The molecule has 28 heavy (non-hydrogen) atoms. The topological polar surface area (TPSA) is 75.3 Å². The molecule has 2 aromatic carbocycles. The molecule has 150 valence electrons. The van der Waals surface area contributed by atoms with Gasteiger partial charge < -0.3 is 29.0 Å². The largest absolute Gasteiger partial charge is 0.496 e. The van der Waals surface area contributed by atoms with E-state index in [1.807, 2.05) is 12.1 Å². The molecular formula is C21H25NO6. The third-order valence-electron chi connectivity index (χ3n) is 4.06. The second-order valence-corrected chi connectivity index (χ2v) is 5.69. The smallest absolute Gasteiger partial charge is 0.244 e. The van der Waals surface area contributed by atoms with Gasteiger partial charge in [0.2, 0.25) is 5.91 Å². The Labute approximate surface area is 164 Å². The molecule has 0 saturated carbocycles. The van der Waals surface area contributed by atoms with E-state index in [9.17, 15) is 4.79 Å². The number of carbonyl (C=O) groups is 1. The van der Waals surface area contributed by atoms with Gasteiger partial charge in [0.1, 0.15) is 5.75 Å². The SMILES string of the molecule is COc1cc(OC)c(OC)cc1/C=C/C(=O)NCc1ccc(OC)c(OC)c1. The first kappa shape index (κ1) is 21.0. The van der Waals surface area contributed by atoms with E-state index in [2.05, 4.69) is 5.32 Å². The molecule has 0 saturated heterocycles. The van der Waals surface area contributed by atoms with Crippen molar-refractivity contribution in [3.63, 3.8) is 0 Å². The molecule has 1 N–H and O–H groups in total. The van der Waals surface area contributed by atoms with E-state index < -0.39 is 0 Å². The average molecular weight is 387 g/mol. The van der Waals surface area contributed by atoms with Crippen LogP contribution >= 0.6 is 0 Å². The molecule has 0 radical (unpaired) electrons. The maximum absolute atomic E-state index is 12.2. The summed E-state index contributed by atoms with van der Waals surface area (Å²) in [5.74, 6) is 2.68. The minimum absolute atomic E-state index is 0.244. The Morgan fingerprint density at radius 1 is 0.786 bits per heavy atom. The third-order valence-corrected chi connectivity index (χ3v) is 4.06. The molecule has 0 aliphatic rings. The molecule has 0 unspecified atom stereocenters. The lowest BCUT2D eigenvalue weighted by Crippen LogP contribution is -2.20. The highest BCUT2D eigenvalue weighted by Crippen LogP contribution is 2.35. The van der Waals surface area contributed by atoms with Gasteiger partial charge in [-0.05, 0) is 29.8 Å². The highest BCUT2D eigenvalue weighted by Gasteiger charge is 2.10. The Morgan fingerprint density at radius 2 is 1.36 bits per heavy atom. The molecule has 0 aliphatic heterocycles. The van der Waals surface area contributed by atoms with Crippen molar-refractivity contribution in [1.82, 2.24) is 5.32 Å². The second kappa shape index (κ2) is 10.1. The van der Waals surface area contributed by atoms with E-state index in [-0.39, 0.29) is 5.91 Å². The Balaban J connectivity index is 2.08. The van der Waals surface area contributed by atoms with Gasteiger partial charge in [0.15, 0.2) is 23.0 Å². The Hall–Kier alpha value is -3.35. The van der Waals surface area contributed by atoms with Gasteiger partial charge in [-0.3, -0.25) is 4.79 Å². The summed E-state index contributed by atoms with van der Waals surface area (Å²) in [6.45, 7) is 0.354. The maximum Gasteiger partial charge on any atom is 0.244 e. The molecule has 0 atom stereocenters. The van der Waals surface area contributed by atoms with Crippen LogP contribution in [0.15, 0.2) is 36.4 Å². The van der Waals surface area contributed by atoms with E-state index in [0.29, 0.717) is 40.9 Å². The van der Waals surface area contributed by atoms with Crippen molar-refractivity contribution < 1.29 is 28.5 Å². The van der Waals surface area contributed by atoms with E-state index in [4.69, 9.17) is 23.7 Å². The van der Waals surface area contributed by atoms with Crippen molar-refractivity contribution in [3.05, 3.63) is 47.5 Å². The van der Waals surface area contributed by atoms with Gasteiger partial charge in [0.25, 0.3) is 0 Å². The monoisotopic (exact) mass is 387 g/mol. The average Bonchev–Trinajstić information content (AvgIpc) is 2.74. The van der Waals surface area contributed by atoms with Crippen LogP contribution in [-0.2, 0) is 11.3 Å². The van der Waals surface area contributed by atoms with Crippen LogP contribution in [0, 0.1) is 0 Å². The zero-order chi connectivity index (χ0) is 20.5. The Bertz CT molecular complexity index is 847. The minimum Gasteiger partial charge on any atom is -0.496 e.